The SMILES string of the molecule is COc1cccc(CC(NC(C)=O)C(=O)NC2CCN(c3ncccn3)CC2)c1OC. The lowest BCUT2D eigenvalue weighted by molar-refractivity contribution is -0.128. The highest BCUT2D eigenvalue weighted by Crippen LogP contribution is 2.31. The minimum absolute atomic E-state index is 0.0240. The number of nitrogens with zero attached hydrogens (tertiary/aromatic N) is 3. The Kier molecular flexibility index (Phi) is 7.64. The molecule has 9 nitrogen and oxygen atoms in total. The summed E-state index contributed by atoms with van der Waals surface area (Å²) in [7, 11) is 3.12. The van der Waals surface area contributed by atoms with Gasteiger partial charge in [0.05, 0.1) is 14.2 Å². The van der Waals surface area contributed by atoms with Crippen LogP contribution in [0.25, 0.3) is 0 Å². The number of amides is 2. The third-order valence-electron chi connectivity index (χ3n) is 5.28. The summed E-state index contributed by atoms with van der Waals surface area (Å²) in [6, 6.07) is 6.59. The molecule has 1 aliphatic heterocycles. The Hall–Kier alpha value is -3.36. The fourth-order valence-electron chi connectivity index (χ4n) is 3.77. The van der Waals surface area contributed by atoms with Crippen LogP contribution in [0.5, 0.6) is 11.5 Å². The van der Waals surface area contributed by atoms with E-state index in [0.717, 1.165) is 31.5 Å². The first kappa shape index (κ1) is 22.3. The van der Waals surface area contributed by atoms with E-state index in [1.807, 2.05) is 12.1 Å². The van der Waals surface area contributed by atoms with Gasteiger partial charge < -0.3 is 25.0 Å². The number of methoxy groups -OCH3 is 2. The fourth-order valence-corrected chi connectivity index (χ4v) is 3.77. The van der Waals surface area contributed by atoms with Gasteiger partial charge in [-0.2, -0.15) is 0 Å². The number of carbonyl (C=O) groups is 2. The molecule has 166 valence electrons. The highest BCUT2D eigenvalue weighted by Gasteiger charge is 2.27. The van der Waals surface area contributed by atoms with Crippen molar-refractivity contribution in [1.29, 1.82) is 0 Å². The van der Waals surface area contributed by atoms with E-state index >= 15 is 0 Å². The van der Waals surface area contributed by atoms with E-state index < -0.39 is 6.04 Å². The van der Waals surface area contributed by atoms with E-state index in [0.29, 0.717) is 23.9 Å². The van der Waals surface area contributed by atoms with Crippen molar-refractivity contribution in [2.45, 2.75) is 38.3 Å². The second kappa shape index (κ2) is 10.6. The number of carbonyl (C=O) groups excluding carboxylic acids is 2. The average Bonchev–Trinajstić information content (AvgIpc) is 2.79. The molecular weight excluding hydrogens is 398 g/mol. The summed E-state index contributed by atoms with van der Waals surface area (Å²) >= 11 is 0. The maximum absolute atomic E-state index is 13.0. The highest BCUT2D eigenvalue weighted by atomic mass is 16.5. The summed E-state index contributed by atoms with van der Waals surface area (Å²) in [6.07, 6.45) is 5.29. The first-order valence-electron chi connectivity index (χ1n) is 10.3. The molecule has 1 aromatic carbocycles. The topological polar surface area (TPSA) is 106 Å². The number of anilines is 1. The van der Waals surface area contributed by atoms with E-state index in [-0.39, 0.29) is 17.9 Å². The molecular formula is C22H29N5O4. The molecule has 0 aliphatic carbocycles. The quantitative estimate of drug-likeness (QED) is 0.655. The Morgan fingerprint density at radius 1 is 1.13 bits per heavy atom. The van der Waals surface area contributed by atoms with Crippen LogP contribution in [-0.4, -0.2) is 61.2 Å². The second-order valence-corrected chi connectivity index (χ2v) is 7.43. The minimum atomic E-state index is -0.714. The van der Waals surface area contributed by atoms with Crippen molar-refractivity contribution in [2.75, 3.05) is 32.2 Å². The Morgan fingerprint density at radius 3 is 2.45 bits per heavy atom. The van der Waals surface area contributed by atoms with Crippen LogP contribution < -0.4 is 25.0 Å². The minimum Gasteiger partial charge on any atom is -0.493 e. The molecule has 2 N–H and O–H groups in total. The molecule has 1 saturated heterocycles. The molecule has 1 fully saturated rings. The van der Waals surface area contributed by atoms with E-state index in [4.69, 9.17) is 9.47 Å². The van der Waals surface area contributed by atoms with Crippen LogP contribution in [0, 0.1) is 0 Å². The van der Waals surface area contributed by atoms with E-state index in [1.54, 1.807) is 38.7 Å². The molecule has 0 saturated carbocycles. The zero-order chi connectivity index (χ0) is 22.2. The van der Waals surface area contributed by atoms with E-state index in [2.05, 4.69) is 25.5 Å². The standard InChI is InChI=1S/C22H29N5O4/c1-15(28)25-18(14-16-6-4-7-19(30-2)20(16)31-3)21(29)26-17-8-12-27(13-9-17)22-23-10-5-11-24-22/h4-7,10-11,17-18H,8-9,12-14H2,1-3H3,(H,25,28)(H,26,29). The van der Waals surface area contributed by atoms with Crippen molar-refractivity contribution in [3.63, 3.8) is 0 Å². The van der Waals surface area contributed by atoms with Gasteiger partial charge in [-0.05, 0) is 25.0 Å². The van der Waals surface area contributed by atoms with Crippen LogP contribution in [0.1, 0.15) is 25.3 Å². The van der Waals surface area contributed by atoms with Crippen molar-refractivity contribution < 1.29 is 19.1 Å². The van der Waals surface area contributed by atoms with Crippen molar-refractivity contribution in [3.05, 3.63) is 42.2 Å². The van der Waals surface area contributed by atoms with Gasteiger partial charge in [0.2, 0.25) is 17.8 Å². The lowest BCUT2D eigenvalue weighted by atomic mass is 10.0. The van der Waals surface area contributed by atoms with Crippen LogP contribution in [-0.2, 0) is 16.0 Å². The Labute approximate surface area is 182 Å². The number of benzene rings is 1. The zero-order valence-electron chi connectivity index (χ0n) is 18.1. The molecule has 2 heterocycles. The van der Waals surface area contributed by atoms with Gasteiger partial charge >= 0.3 is 0 Å². The number of aromatic nitrogens is 2. The molecule has 0 radical (unpaired) electrons. The molecule has 0 bridgehead atoms. The van der Waals surface area contributed by atoms with Crippen molar-refractivity contribution >= 4 is 17.8 Å². The molecule has 9 heteroatoms. The smallest absolute Gasteiger partial charge is 0.243 e. The largest absolute Gasteiger partial charge is 0.493 e. The number of ether oxygens (including phenoxy) is 2. The number of piperidine rings is 1. The first-order chi connectivity index (χ1) is 15.0. The average molecular weight is 428 g/mol. The lowest BCUT2D eigenvalue weighted by Gasteiger charge is -2.33. The summed E-state index contributed by atoms with van der Waals surface area (Å²) in [6.45, 7) is 2.91. The second-order valence-electron chi connectivity index (χ2n) is 7.43. The van der Waals surface area contributed by atoms with Crippen LogP contribution in [0.15, 0.2) is 36.7 Å². The Morgan fingerprint density at radius 2 is 1.84 bits per heavy atom. The predicted molar refractivity (Wildman–Crippen MR) is 116 cm³/mol. The van der Waals surface area contributed by atoms with Crippen molar-refractivity contribution in [3.8, 4) is 11.5 Å². The zero-order valence-corrected chi connectivity index (χ0v) is 18.1. The summed E-state index contributed by atoms with van der Waals surface area (Å²) in [5.74, 6) is 1.36. The third-order valence-corrected chi connectivity index (χ3v) is 5.28. The number of nitrogens with one attached hydrogen (secondary N) is 2. The number of hydrogen-bond donors (Lipinski definition) is 2. The summed E-state index contributed by atoms with van der Waals surface area (Å²) in [4.78, 5) is 35.4. The van der Waals surface area contributed by atoms with Crippen LogP contribution in [0.2, 0.25) is 0 Å². The maximum Gasteiger partial charge on any atom is 0.243 e. The molecule has 31 heavy (non-hydrogen) atoms. The molecule has 1 aliphatic rings. The molecule has 2 amide bonds. The number of para-hydroxylation sites is 1. The van der Waals surface area contributed by atoms with Crippen molar-refractivity contribution in [1.82, 2.24) is 20.6 Å². The van der Waals surface area contributed by atoms with Crippen molar-refractivity contribution in [2.24, 2.45) is 0 Å². The molecule has 1 unspecified atom stereocenters. The molecule has 2 aromatic rings. The monoisotopic (exact) mass is 427 g/mol. The summed E-state index contributed by atoms with van der Waals surface area (Å²) in [5, 5.41) is 5.85. The number of rotatable bonds is 8. The van der Waals surface area contributed by atoms with Gasteiger partial charge in [0.25, 0.3) is 0 Å². The molecule has 1 atom stereocenters. The maximum atomic E-state index is 13.0. The first-order valence-corrected chi connectivity index (χ1v) is 10.3. The van der Waals surface area contributed by atoms with E-state index in [1.165, 1.54) is 6.92 Å². The summed E-state index contributed by atoms with van der Waals surface area (Å²) in [5.41, 5.74) is 0.784. The van der Waals surface area contributed by atoms with Crippen LogP contribution >= 0.6 is 0 Å². The highest BCUT2D eigenvalue weighted by molar-refractivity contribution is 5.87. The van der Waals surface area contributed by atoms with Gasteiger partial charge in [-0.1, -0.05) is 12.1 Å². The van der Waals surface area contributed by atoms with Gasteiger partial charge in [-0.3, -0.25) is 9.59 Å². The third kappa shape index (κ3) is 5.84. The van der Waals surface area contributed by atoms with Gasteiger partial charge in [-0.25, -0.2) is 9.97 Å². The van der Waals surface area contributed by atoms with Gasteiger partial charge in [0.1, 0.15) is 6.04 Å². The number of hydrogen-bond acceptors (Lipinski definition) is 7. The van der Waals surface area contributed by atoms with Gasteiger partial charge in [0.15, 0.2) is 11.5 Å². The van der Waals surface area contributed by atoms with Gasteiger partial charge in [0, 0.05) is 50.4 Å². The molecule has 0 spiro atoms. The summed E-state index contributed by atoms with van der Waals surface area (Å²) < 4.78 is 10.8. The normalized spacial score (nSPS) is 15.1. The van der Waals surface area contributed by atoms with E-state index in [9.17, 15) is 9.59 Å². The lowest BCUT2D eigenvalue weighted by Crippen LogP contribution is -2.52. The van der Waals surface area contributed by atoms with Gasteiger partial charge in [-0.15, -0.1) is 0 Å². The van der Waals surface area contributed by atoms with Crippen LogP contribution in [0.3, 0.4) is 0 Å². The predicted octanol–water partition coefficient (Wildman–Crippen LogP) is 1.33. The van der Waals surface area contributed by atoms with Crippen LogP contribution in [0.4, 0.5) is 5.95 Å². The molecule has 1 aromatic heterocycles. The molecule has 3 rings (SSSR count). The fraction of sp³-hybridized carbons (Fsp3) is 0.455. The Bertz CT molecular complexity index is 885. The Balaban J connectivity index is 1.64.